The van der Waals surface area contributed by atoms with Crippen LogP contribution in [-0.2, 0) is 0 Å². The average Bonchev–Trinajstić information content (AvgIpc) is 3.60. The molecule has 4 aromatic heterocycles. The molecule has 0 aliphatic carbocycles. The van der Waals surface area contributed by atoms with E-state index < -0.39 is 0 Å². The lowest BCUT2D eigenvalue weighted by Gasteiger charge is -2.12. The molecule has 4 nitrogen and oxygen atoms in total. The summed E-state index contributed by atoms with van der Waals surface area (Å²) >= 11 is 1.75. The largest absolute Gasteiger partial charge is 0.278 e. The van der Waals surface area contributed by atoms with Crippen molar-refractivity contribution in [2.45, 2.75) is 0 Å². The van der Waals surface area contributed by atoms with Gasteiger partial charge in [-0.25, -0.2) is 15.0 Å². The topological polar surface area (TPSA) is 43.6 Å². The highest BCUT2D eigenvalue weighted by atomic mass is 32.1. The molecule has 0 radical (unpaired) electrons. The Kier molecular flexibility index (Phi) is 5.03. The molecule has 0 unspecified atom stereocenters. The van der Waals surface area contributed by atoms with Gasteiger partial charge in [0.2, 0.25) is 5.95 Å². The standard InChI is InChI=1S/C37H22N4S/c1-2-9-23(10-3-1)24-16-18-25(19-17-24)34-28-11-4-6-14-30(28)39-37(40-34)41-31-15-7-5-12-29(31)33-32(41)21-20-26-27-13-8-22-38-36(27)42-35(26)33/h1-22H. The fraction of sp³-hybridized carbons (Fsp3) is 0. The summed E-state index contributed by atoms with van der Waals surface area (Å²) in [6.07, 6.45) is 1.87. The van der Waals surface area contributed by atoms with Gasteiger partial charge in [0.15, 0.2) is 0 Å². The first-order valence-electron chi connectivity index (χ1n) is 14.0. The number of hydrogen-bond acceptors (Lipinski definition) is 4. The molecular formula is C37H22N4S. The molecule has 0 amide bonds. The van der Waals surface area contributed by atoms with Gasteiger partial charge in [0.05, 0.1) is 22.2 Å². The first kappa shape index (κ1) is 23.3. The van der Waals surface area contributed by atoms with Crippen LogP contribution in [0.1, 0.15) is 0 Å². The highest BCUT2D eigenvalue weighted by Crippen LogP contribution is 2.42. The van der Waals surface area contributed by atoms with Crippen LogP contribution in [0.25, 0.3) is 81.3 Å². The molecule has 196 valence electrons. The van der Waals surface area contributed by atoms with Gasteiger partial charge in [0.25, 0.3) is 0 Å². The van der Waals surface area contributed by atoms with E-state index in [0.29, 0.717) is 5.95 Å². The minimum atomic E-state index is 0.667. The maximum Gasteiger partial charge on any atom is 0.235 e. The zero-order chi connectivity index (χ0) is 27.6. The minimum absolute atomic E-state index is 0.667. The normalized spacial score (nSPS) is 11.8. The van der Waals surface area contributed by atoms with Gasteiger partial charge in [-0.3, -0.25) is 4.57 Å². The van der Waals surface area contributed by atoms with Crippen LogP contribution in [0.4, 0.5) is 0 Å². The van der Waals surface area contributed by atoms with E-state index in [0.717, 1.165) is 38.0 Å². The van der Waals surface area contributed by atoms with Crippen LogP contribution in [0.3, 0.4) is 0 Å². The Hall–Kier alpha value is -5.39. The van der Waals surface area contributed by atoms with Gasteiger partial charge in [-0.05, 0) is 41.5 Å². The van der Waals surface area contributed by atoms with Crippen LogP contribution >= 0.6 is 11.3 Å². The minimum Gasteiger partial charge on any atom is -0.278 e. The Labute approximate surface area is 245 Å². The van der Waals surface area contributed by atoms with Crippen molar-refractivity contribution in [3.63, 3.8) is 0 Å². The summed E-state index contributed by atoms with van der Waals surface area (Å²) in [4.78, 5) is 16.1. The fourth-order valence-corrected chi connectivity index (χ4v) is 7.37. The number of fused-ring (bicyclic) bond motifs is 8. The Balaban J connectivity index is 1.32. The van der Waals surface area contributed by atoms with Gasteiger partial charge in [0, 0.05) is 43.4 Å². The van der Waals surface area contributed by atoms with Gasteiger partial charge >= 0.3 is 0 Å². The van der Waals surface area contributed by atoms with E-state index in [1.54, 1.807) is 11.3 Å². The first-order valence-corrected chi connectivity index (χ1v) is 14.8. The van der Waals surface area contributed by atoms with Crippen LogP contribution in [0.2, 0.25) is 0 Å². The Morgan fingerprint density at radius 3 is 2.10 bits per heavy atom. The molecule has 0 aliphatic heterocycles. The summed E-state index contributed by atoms with van der Waals surface area (Å²) in [6, 6.07) is 44.6. The molecule has 9 rings (SSSR count). The van der Waals surface area contributed by atoms with E-state index in [2.05, 4.69) is 119 Å². The third-order valence-corrected chi connectivity index (χ3v) is 9.25. The molecule has 0 atom stereocenters. The molecule has 0 bridgehead atoms. The average molecular weight is 555 g/mol. The SMILES string of the molecule is c1ccc(-c2ccc(-c3nc(-n4c5ccccc5c5c6sc7ncccc7c6ccc54)nc4ccccc34)cc2)cc1. The lowest BCUT2D eigenvalue weighted by molar-refractivity contribution is 1.01. The van der Waals surface area contributed by atoms with E-state index >= 15 is 0 Å². The van der Waals surface area contributed by atoms with Crippen LogP contribution in [0, 0.1) is 0 Å². The molecule has 5 aromatic carbocycles. The molecule has 0 fully saturated rings. The van der Waals surface area contributed by atoms with Crippen LogP contribution in [-0.4, -0.2) is 19.5 Å². The van der Waals surface area contributed by atoms with Crippen molar-refractivity contribution in [1.82, 2.24) is 19.5 Å². The van der Waals surface area contributed by atoms with Gasteiger partial charge in [0.1, 0.15) is 4.83 Å². The molecule has 0 aliphatic rings. The zero-order valence-electron chi connectivity index (χ0n) is 22.4. The number of pyridine rings is 1. The smallest absolute Gasteiger partial charge is 0.235 e. The summed E-state index contributed by atoms with van der Waals surface area (Å²) in [5.74, 6) is 0.667. The molecule has 0 spiro atoms. The van der Waals surface area contributed by atoms with Gasteiger partial charge in [-0.15, -0.1) is 11.3 Å². The third kappa shape index (κ3) is 3.44. The Morgan fingerprint density at radius 1 is 0.500 bits per heavy atom. The second-order valence-electron chi connectivity index (χ2n) is 10.5. The van der Waals surface area contributed by atoms with Crippen molar-refractivity contribution in [3.05, 3.63) is 134 Å². The first-order chi connectivity index (χ1) is 20.8. The quantitative estimate of drug-likeness (QED) is 0.218. The Morgan fingerprint density at radius 2 is 1.21 bits per heavy atom. The number of benzene rings is 5. The number of rotatable bonds is 3. The lowest BCUT2D eigenvalue weighted by Crippen LogP contribution is -2.03. The van der Waals surface area contributed by atoms with Crippen molar-refractivity contribution in [2.75, 3.05) is 0 Å². The van der Waals surface area contributed by atoms with Gasteiger partial charge in [-0.1, -0.05) is 97.1 Å². The summed E-state index contributed by atoms with van der Waals surface area (Å²) in [5.41, 5.74) is 7.47. The highest BCUT2D eigenvalue weighted by molar-refractivity contribution is 7.26. The number of thiophene rings is 1. The molecule has 4 heterocycles. The number of hydrogen-bond donors (Lipinski definition) is 0. The molecule has 0 N–H and O–H groups in total. The summed E-state index contributed by atoms with van der Waals surface area (Å²) < 4.78 is 3.46. The van der Waals surface area contributed by atoms with Crippen LogP contribution in [0.15, 0.2) is 134 Å². The molecule has 0 saturated heterocycles. The second-order valence-corrected chi connectivity index (χ2v) is 11.5. The lowest BCUT2D eigenvalue weighted by atomic mass is 10.0. The molecular weight excluding hydrogens is 533 g/mol. The van der Waals surface area contributed by atoms with Gasteiger partial charge < -0.3 is 0 Å². The highest BCUT2D eigenvalue weighted by Gasteiger charge is 2.20. The van der Waals surface area contributed by atoms with E-state index in [1.807, 2.05) is 24.4 Å². The molecule has 5 heteroatoms. The van der Waals surface area contributed by atoms with Crippen LogP contribution < -0.4 is 0 Å². The van der Waals surface area contributed by atoms with Crippen molar-refractivity contribution >= 4 is 64.3 Å². The van der Waals surface area contributed by atoms with E-state index in [9.17, 15) is 0 Å². The number of nitrogens with zero attached hydrogens (tertiary/aromatic N) is 4. The molecule has 9 aromatic rings. The fourth-order valence-electron chi connectivity index (χ4n) is 6.17. The molecule has 0 saturated carbocycles. The number of para-hydroxylation sites is 2. The predicted molar refractivity (Wildman–Crippen MR) is 175 cm³/mol. The maximum atomic E-state index is 5.28. The number of aromatic nitrogens is 4. The summed E-state index contributed by atoms with van der Waals surface area (Å²) in [5, 5.41) is 5.87. The third-order valence-electron chi connectivity index (χ3n) is 8.11. The van der Waals surface area contributed by atoms with E-state index in [4.69, 9.17) is 9.97 Å². The monoisotopic (exact) mass is 554 g/mol. The van der Waals surface area contributed by atoms with Crippen molar-refractivity contribution < 1.29 is 0 Å². The summed E-state index contributed by atoms with van der Waals surface area (Å²) in [7, 11) is 0. The van der Waals surface area contributed by atoms with E-state index in [-0.39, 0.29) is 0 Å². The van der Waals surface area contributed by atoms with Crippen molar-refractivity contribution in [2.24, 2.45) is 0 Å². The zero-order valence-corrected chi connectivity index (χ0v) is 23.2. The maximum absolute atomic E-state index is 5.28. The van der Waals surface area contributed by atoms with Crippen LogP contribution in [0.5, 0.6) is 0 Å². The second kappa shape index (κ2) is 9.06. The summed E-state index contributed by atoms with van der Waals surface area (Å²) in [6.45, 7) is 0. The van der Waals surface area contributed by atoms with Crippen molar-refractivity contribution in [3.8, 4) is 28.3 Å². The van der Waals surface area contributed by atoms with E-state index in [1.165, 1.54) is 37.4 Å². The Bertz CT molecular complexity index is 2460. The predicted octanol–water partition coefficient (Wildman–Crippen LogP) is 9.82. The van der Waals surface area contributed by atoms with Crippen molar-refractivity contribution in [1.29, 1.82) is 0 Å². The molecule has 42 heavy (non-hydrogen) atoms. The van der Waals surface area contributed by atoms with Gasteiger partial charge in [-0.2, -0.15) is 0 Å².